The topological polar surface area (TPSA) is 53.5 Å². The van der Waals surface area contributed by atoms with E-state index in [2.05, 4.69) is 31.0 Å². The molecule has 1 fully saturated rings. The third-order valence-electron chi connectivity index (χ3n) is 5.67. The molecule has 1 atom stereocenters. The van der Waals surface area contributed by atoms with Gasteiger partial charge in [-0.2, -0.15) is 0 Å². The van der Waals surface area contributed by atoms with E-state index in [-0.39, 0.29) is 11.8 Å². The number of aromatic nitrogens is 1. The molecule has 0 spiro atoms. The van der Waals surface area contributed by atoms with Crippen molar-refractivity contribution in [1.29, 1.82) is 0 Å². The zero-order valence-electron chi connectivity index (χ0n) is 17.9. The average Bonchev–Trinajstić information content (AvgIpc) is 3.13. The van der Waals surface area contributed by atoms with Gasteiger partial charge in [-0.1, -0.05) is 44.2 Å². The second-order valence-corrected chi connectivity index (χ2v) is 8.72. The molecular weight excluding hydrogens is 362 g/mol. The van der Waals surface area contributed by atoms with Crippen LogP contribution in [0.1, 0.15) is 32.3 Å². The maximum atomic E-state index is 13.3. The smallest absolute Gasteiger partial charge is 0.230 e. The van der Waals surface area contributed by atoms with Gasteiger partial charge in [-0.05, 0) is 36.0 Å². The molecule has 2 amide bonds. The summed E-state index contributed by atoms with van der Waals surface area (Å²) in [6.45, 7) is 5.23. The highest BCUT2D eigenvalue weighted by Crippen LogP contribution is 2.38. The van der Waals surface area contributed by atoms with Crippen molar-refractivity contribution in [2.45, 2.75) is 33.1 Å². The van der Waals surface area contributed by atoms with Gasteiger partial charge in [-0.25, -0.2) is 0 Å². The zero-order chi connectivity index (χ0) is 21.0. The summed E-state index contributed by atoms with van der Waals surface area (Å²) in [5.74, 6) is 0.556. The number of rotatable bonds is 6. The number of nitrogens with zero attached hydrogens (tertiary/aromatic N) is 3. The highest BCUT2D eigenvalue weighted by Gasteiger charge is 2.46. The zero-order valence-corrected chi connectivity index (χ0v) is 17.9. The summed E-state index contributed by atoms with van der Waals surface area (Å²) in [6, 6.07) is 12.2. The van der Waals surface area contributed by atoms with Crippen molar-refractivity contribution in [3.63, 3.8) is 0 Å². The van der Waals surface area contributed by atoms with E-state index >= 15 is 0 Å². The molecule has 5 nitrogen and oxygen atoms in total. The predicted octanol–water partition coefficient (Wildman–Crippen LogP) is 3.64. The molecule has 1 saturated heterocycles. The highest BCUT2D eigenvalue weighted by atomic mass is 16.2. The summed E-state index contributed by atoms with van der Waals surface area (Å²) in [5.41, 5.74) is 2.67. The van der Waals surface area contributed by atoms with Crippen molar-refractivity contribution < 1.29 is 9.59 Å². The number of carbonyl (C=O) groups is 2. The van der Waals surface area contributed by atoms with Crippen molar-refractivity contribution in [1.82, 2.24) is 14.8 Å². The van der Waals surface area contributed by atoms with E-state index in [1.165, 1.54) is 0 Å². The Balaban J connectivity index is 1.93. The van der Waals surface area contributed by atoms with Crippen LogP contribution in [0.5, 0.6) is 0 Å². The van der Waals surface area contributed by atoms with Gasteiger partial charge < -0.3 is 9.80 Å². The first kappa shape index (κ1) is 21.0. The maximum Gasteiger partial charge on any atom is 0.230 e. The van der Waals surface area contributed by atoms with Crippen molar-refractivity contribution in [2.75, 3.05) is 27.2 Å². The first-order valence-corrected chi connectivity index (χ1v) is 10.3. The van der Waals surface area contributed by atoms with Gasteiger partial charge in [0.05, 0.1) is 5.41 Å². The van der Waals surface area contributed by atoms with E-state index in [1.807, 2.05) is 35.4 Å². The molecule has 1 aliphatic rings. The predicted molar refractivity (Wildman–Crippen MR) is 115 cm³/mol. The Morgan fingerprint density at radius 2 is 1.93 bits per heavy atom. The average molecular weight is 394 g/mol. The van der Waals surface area contributed by atoms with Gasteiger partial charge in [0.1, 0.15) is 0 Å². The second kappa shape index (κ2) is 8.76. The van der Waals surface area contributed by atoms with Crippen molar-refractivity contribution >= 4 is 11.8 Å². The highest BCUT2D eigenvalue weighted by molar-refractivity contribution is 5.86. The molecule has 1 aromatic heterocycles. The standard InChI is InChI=1S/C24H31N3O2/c1-18(2)14-22(28)27-13-11-24(17-27,23(29)26(3)4)15-19-8-5-6-10-21(19)20-9-7-12-25-16-20/h5-10,12,16,18H,11,13-15,17H2,1-4H3. The van der Waals surface area contributed by atoms with E-state index in [0.717, 1.165) is 16.7 Å². The Labute approximate surface area is 173 Å². The Bertz CT molecular complexity index is 863. The van der Waals surface area contributed by atoms with Crippen LogP contribution in [-0.4, -0.2) is 53.8 Å². The molecule has 3 rings (SSSR count). The lowest BCUT2D eigenvalue weighted by atomic mass is 9.78. The molecule has 2 heterocycles. The number of hydrogen-bond donors (Lipinski definition) is 0. The van der Waals surface area contributed by atoms with Crippen LogP contribution in [0, 0.1) is 11.3 Å². The molecule has 0 aliphatic carbocycles. The van der Waals surface area contributed by atoms with Crippen LogP contribution in [0.2, 0.25) is 0 Å². The minimum absolute atomic E-state index is 0.0957. The van der Waals surface area contributed by atoms with Crippen LogP contribution in [0.15, 0.2) is 48.8 Å². The van der Waals surface area contributed by atoms with Crippen LogP contribution in [0.4, 0.5) is 0 Å². The number of hydrogen-bond acceptors (Lipinski definition) is 3. The van der Waals surface area contributed by atoms with E-state index in [0.29, 0.717) is 38.3 Å². The Kier molecular flexibility index (Phi) is 6.36. The molecule has 1 aromatic carbocycles. The fourth-order valence-electron chi connectivity index (χ4n) is 4.28. The third kappa shape index (κ3) is 4.66. The van der Waals surface area contributed by atoms with Crippen LogP contribution < -0.4 is 0 Å². The van der Waals surface area contributed by atoms with Gasteiger partial charge in [0, 0.05) is 51.6 Å². The first-order chi connectivity index (χ1) is 13.8. The first-order valence-electron chi connectivity index (χ1n) is 10.3. The summed E-state index contributed by atoms with van der Waals surface area (Å²) in [4.78, 5) is 33.8. The van der Waals surface area contributed by atoms with E-state index in [9.17, 15) is 9.59 Å². The fraction of sp³-hybridized carbons (Fsp3) is 0.458. The molecule has 0 N–H and O–H groups in total. The largest absolute Gasteiger partial charge is 0.348 e. The number of carbonyl (C=O) groups excluding carboxylic acids is 2. The Morgan fingerprint density at radius 1 is 1.17 bits per heavy atom. The molecular formula is C24H31N3O2. The molecule has 5 heteroatoms. The summed E-state index contributed by atoms with van der Waals surface area (Å²) in [7, 11) is 3.60. The lowest BCUT2D eigenvalue weighted by molar-refractivity contribution is -0.139. The Morgan fingerprint density at radius 3 is 2.59 bits per heavy atom. The van der Waals surface area contributed by atoms with Gasteiger partial charge in [-0.15, -0.1) is 0 Å². The van der Waals surface area contributed by atoms with E-state index < -0.39 is 5.41 Å². The fourth-order valence-corrected chi connectivity index (χ4v) is 4.28. The van der Waals surface area contributed by atoms with Crippen LogP contribution in [-0.2, 0) is 16.0 Å². The number of pyridine rings is 1. The Hall–Kier alpha value is -2.69. The minimum Gasteiger partial charge on any atom is -0.348 e. The molecule has 154 valence electrons. The number of likely N-dealkylation sites (tertiary alicyclic amines) is 1. The van der Waals surface area contributed by atoms with E-state index in [1.54, 1.807) is 25.2 Å². The molecule has 0 saturated carbocycles. The molecule has 1 aliphatic heterocycles. The lowest BCUT2D eigenvalue weighted by Gasteiger charge is -2.32. The van der Waals surface area contributed by atoms with Crippen molar-refractivity contribution in [3.05, 3.63) is 54.4 Å². The van der Waals surface area contributed by atoms with Crippen molar-refractivity contribution in [3.8, 4) is 11.1 Å². The summed E-state index contributed by atoms with van der Waals surface area (Å²) < 4.78 is 0. The van der Waals surface area contributed by atoms with Gasteiger partial charge in [-0.3, -0.25) is 14.6 Å². The molecule has 0 radical (unpaired) electrons. The van der Waals surface area contributed by atoms with Gasteiger partial charge in [0.2, 0.25) is 11.8 Å². The SMILES string of the molecule is CC(C)CC(=O)N1CCC(Cc2ccccc2-c2cccnc2)(C(=O)N(C)C)C1. The van der Waals surface area contributed by atoms with Crippen LogP contribution >= 0.6 is 0 Å². The second-order valence-electron chi connectivity index (χ2n) is 8.72. The number of amides is 2. The number of benzene rings is 1. The normalized spacial score (nSPS) is 18.9. The van der Waals surface area contributed by atoms with E-state index in [4.69, 9.17) is 0 Å². The van der Waals surface area contributed by atoms with Gasteiger partial charge in [0.25, 0.3) is 0 Å². The maximum absolute atomic E-state index is 13.3. The van der Waals surface area contributed by atoms with Gasteiger partial charge in [0.15, 0.2) is 0 Å². The summed E-state index contributed by atoms with van der Waals surface area (Å²) in [6.07, 6.45) is 5.44. The van der Waals surface area contributed by atoms with Gasteiger partial charge >= 0.3 is 0 Å². The molecule has 0 bridgehead atoms. The summed E-state index contributed by atoms with van der Waals surface area (Å²) in [5, 5.41) is 0. The van der Waals surface area contributed by atoms with Crippen LogP contribution in [0.3, 0.4) is 0 Å². The molecule has 2 aromatic rings. The summed E-state index contributed by atoms with van der Waals surface area (Å²) >= 11 is 0. The molecule has 29 heavy (non-hydrogen) atoms. The monoisotopic (exact) mass is 393 g/mol. The lowest BCUT2D eigenvalue weighted by Crippen LogP contribution is -2.44. The van der Waals surface area contributed by atoms with Crippen LogP contribution in [0.25, 0.3) is 11.1 Å². The van der Waals surface area contributed by atoms with Crippen molar-refractivity contribution in [2.24, 2.45) is 11.3 Å². The molecule has 1 unspecified atom stereocenters. The minimum atomic E-state index is -0.589. The quantitative estimate of drug-likeness (QED) is 0.753. The third-order valence-corrected chi connectivity index (χ3v) is 5.67.